The highest BCUT2D eigenvalue weighted by Crippen LogP contribution is 2.35. The number of fused-ring (bicyclic) bond motifs is 1. The van der Waals surface area contributed by atoms with Crippen molar-refractivity contribution in [3.63, 3.8) is 0 Å². The molecule has 2 aromatic rings. The molecule has 1 unspecified atom stereocenters. The van der Waals surface area contributed by atoms with Gasteiger partial charge >= 0.3 is 6.03 Å². The predicted molar refractivity (Wildman–Crippen MR) is 110 cm³/mol. The Balaban J connectivity index is 1.78. The highest BCUT2D eigenvalue weighted by atomic mass is 16.2. The van der Waals surface area contributed by atoms with Crippen LogP contribution < -0.4 is 10.6 Å². The van der Waals surface area contributed by atoms with Gasteiger partial charge in [0.1, 0.15) is 17.3 Å². The molecule has 2 aromatic heterocycles. The summed E-state index contributed by atoms with van der Waals surface area (Å²) in [5.41, 5.74) is 0.553. The standard InChI is InChI=1S/C21H27N7O2/c1-13(28-18(29)21(26-19(28)30)5-7-23-8-6-21)15-9-14-11-24-16(10-22)25-17(14)27(15)12-20(2,3)4/h9,11,13,23H,5-8,12H2,1-4H3,(H,26,30). The molecule has 2 N–H and O–H groups in total. The van der Waals surface area contributed by atoms with Gasteiger partial charge in [0.2, 0.25) is 5.82 Å². The van der Waals surface area contributed by atoms with E-state index in [1.807, 2.05) is 23.6 Å². The molecule has 2 aliphatic heterocycles. The highest BCUT2D eigenvalue weighted by Gasteiger charge is 2.53. The normalized spacial score (nSPS) is 19.9. The first kappa shape index (κ1) is 20.3. The summed E-state index contributed by atoms with van der Waals surface area (Å²) in [6.07, 6.45) is 2.79. The second kappa shape index (κ2) is 7.06. The van der Waals surface area contributed by atoms with Gasteiger partial charge in [-0.1, -0.05) is 20.8 Å². The average molecular weight is 409 g/mol. The average Bonchev–Trinajstić information content (AvgIpc) is 3.15. The van der Waals surface area contributed by atoms with Crippen LogP contribution in [0.4, 0.5) is 4.79 Å². The first-order chi connectivity index (χ1) is 14.1. The number of rotatable bonds is 3. The first-order valence-corrected chi connectivity index (χ1v) is 10.3. The fraction of sp³-hybridized carbons (Fsp3) is 0.571. The summed E-state index contributed by atoms with van der Waals surface area (Å²) in [4.78, 5) is 36.1. The van der Waals surface area contributed by atoms with E-state index in [-0.39, 0.29) is 23.2 Å². The van der Waals surface area contributed by atoms with Crippen molar-refractivity contribution >= 4 is 23.0 Å². The van der Waals surface area contributed by atoms with Crippen LogP contribution in [-0.4, -0.2) is 50.0 Å². The van der Waals surface area contributed by atoms with Gasteiger partial charge in [-0.3, -0.25) is 9.69 Å². The van der Waals surface area contributed by atoms with E-state index in [0.29, 0.717) is 38.1 Å². The molecular formula is C21H27N7O2. The summed E-state index contributed by atoms with van der Waals surface area (Å²) >= 11 is 0. The van der Waals surface area contributed by atoms with Gasteiger partial charge in [0.15, 0.2) is 0 Å². The molecule has 0 saturated carbocycles. The van der Waals surface area contributed by atoms with Crippen LogP contribution in [0.3, 0.4) is 0 Å². The van der Waals surface area contributed by atoms with Crippen molar-refractivity contribution in [3.05, 3.63) is 23.8 Å². The van der Waals surface area contributed by atoms with Crippen molar-refractivity contribution in [2.45, 2.75) is 58.7 Å². The predicted octanol–water partition coefficient (Wildman–Crippen LogP) is 2.08. The lowest BCUT2D eigenvalue weighted by molar-refractivity contribution is -0.133. The topological polar surface area (TPSA) is 116 Å². The van der Waals surface area contributed by atoms with Gasteiger partial charge in [-0.2, -0.15) is 5.26 Å². The van der Waals surface area contributed by atoms with E-state index >= 15 is 0 Å². The second-order valence-corrected chi connectivity index (χ2v) is 9.41. The summed E-state index contributed by atoms with van der Waals surface area (Å²) in [5, 5.41) is 16.2. The maximum atomic E-state index is 13.4. The molecule has 0 aromatic carbocycles. The van der Waals surface area contributed by atoms with Gasteiger partial charge in [-0.25, -0.2) is 14.8 Å². The molecular weight excluding hydrogens is 382 g/mol. The van der Waals surface area contributed by atoms with Crippen molar-refractivity contribution in [2.75, 3.05) is 13.1 Å². The Labute approximate surface area is 175 Å². The van der Waals surface area contributed by atoms with Gasteiger partial charge in [0.05, 0.1) is 6.04 Å². The molecule has 3 amide bonds. The molecule has 4 rings (SSSR count). The molecule has 9 heteroatoms. The van der Waals surface area contributed by atoms with Crippen LogP contribution in [0.2, 0.25) is 0 Å². The molecule has 9 nitrogen and oxygen atoms in total. The lowest BCUT2D eigenvalue weighted by Crippen LogP contribution is -2.54. The SMILES string of the molecule is CC(c1cc2cnc(C#N)nc2n1CC(C)(C)C)N1C(=O)NC2(CCNCC2)C1=O. The lowest BCUT2D eigenvalue weighted by atomic mass is 9.88. The number of hydrogen-bond acceptors (Lipinski definition) is 6. The van der Waals surface area contributed by atoms with E-state index in [4.69, 9.17) is 0 Å². The van der Waals surface area contributed by atoms with Gasteiger partial charge in [-0.15, -0.1) is 0 Å². The molecule has 1 atom stereocenters. The van der Waals surface area contributed by atoms with Crippen LogP contribution in [0.5, 0.6) is 0 Å². The third kappa shape index (κ3) is 3.31. The zero-order valence-electron chi connectivity index (χ0n) is 17.8. The van der Waals surface area contributed by atoms with Crippen LogP contribution >= 0.6 is 0 Å². The van der Waals surface area contributed by atoms with Crippen molar-refractivity contribution in [2.24, 2.45) is 5.41 Å². The van der Waals surface area contributed by atoms with Crippen LogP contribution in [0.1, 0.15) is 58.1 Å². The van der Waals surface area contributed by atoms with E-state index in [1.165, 1.54) is 4.90 Å². The summed E-state index contributed by atoms with van der Waals surface area (Å²) in [7, 11) is 0. The minimum atomic E-state index is -0.814. The Bertz CT molecular complexity index is 1050. The van der Waals surface area contributed by atoms with E-state index < -0.39 is 11.6 Å². The quantitative estimate of drug-likeness (QED) is 0.750. The van der Waals surface area contributed by atoms with Gasteiger partial charge in [0.25, 0.3) is 5.91 Å². The monoisotopic (exact) mass is 409 g/mol. The number of carbonyl (C=O) groups excluding carboxylic acids is 2. The number of imide groups is 1. The van der Waals surface area contributed by atoms with Crippen LogP contribution in [0.15, 0.2) is 12.3 Å². The number of carbonyl (C=O) groups is 2. The first-order valence-electron chi connectivity index (χ1n) is 10.3. The van der Waals surface area contributed by atoms with E-state index in [0.717, 1.165) is 11.1 Å². The Morgan fingerprint density at radius 1 is 1.30 bits per heavy atom. The molecule has 0 aliphatic carbocycles. The van der Waals surface area contributed by atoms with Crippen LogP contribution in [0.25, 0.3) is 11.0 Å². The minimum absolute atomic E-state index is 0.0777. The lowest BCUT2D eigenvalue weighted by Gasteiger charge is -2.32. The van der Waals surface area contributed by atoms with Crippen molar-refractivity contribution < 1.29 is 9.59 Å². The number of piperidine rings is 1. The van der Waals surface area contributed by atoms with Crippen molar-refractivity contribution in [1.82, 2.24) is 30.1 Å². The van der Waals surface area contributed by atoms with E-state index in [1.54, 1.807) is 6.20 Å². The van der Waals surface area contributed by atoms with E-state index in [2.05, 4.69) is 41.4 Å². The second-order valence-electron chi connectivity index (χ2n) is 9.41. The van der Waals surface area contributed by atoms with E-state index in [9.17, 15) is 14.9 Å². The fourth-order valence-electron chi connectivity index (χ4n) is 4.42. The number of amides is 3. The Morgan fingerprint density at radius 2 is 2.00 bits per heavy atom. The maximum Gasteiger partial charge on any atom is 0.325 e. The molecule has 2 fully saturated rings. The Kier molecular flexibility index (Phi) is 4.77. The third-order valence-corrected chi connectivity index (χ3v) is 5.86. The summed E-state index contributed by atoms with van der Waals surface area (Å²) in [5.74, 6) is -0.0727. The smallest absolute Gasteiger partial charge is 0.325 e. The van der Waals surface area contributed by atoms with Gasteiger partial charge in [-0.05, 0) is 44.3 Å². The van der Waals surface area contributed by atoms with Crippen molar-refractivity contribution in [3.8, 4) is 6.07 Å². The number of nitrogens with zero attached hydrogens (tertiary/aromatic N) is 5. The number of nitriles is 1. The molecule has 1 spiro atoms. The van der Waals surface area contributed by atoms with Crippen LogP contribution in [0, 0.1) is 16.7 Å². The number of nitrogens with one attached hydrogen (secondary N) is 2. The summed E-state index contributed by atoms with van der Waals surface area (Å²) in [6.45, 7) is 10.2. The zero-order valence-corrected chi connectivity index (χ0v) is 17.8. The maximum absolute atomic E-state index is 13.4. The number of aromatic nitrogens is 3. The van der Waals surface area contributed by atoms with Gasteiger partial charge in [0, 0.05) is 23.8 Å². The zero-order chi connectivity index (χ0) is 21.7. The number of urea groups is 1. The molecule has 30 heavy (non-hydrogen) atoms. The summed E-state index contributed by atoms with van der Waals surface area (Å²) in [6, 6.07) is 3.07. The Morgan fingerprint density at radius 3 is 2.63 bits per heavy atom. The molecule has 4 heterocycles. The van der Waals surface area contributed by atoms with Crippen LogP contribution in [-0.2, 0) is 11.3 Å². The summed E-state index contributed by atoms with van der Waals surface area (Å²) < 4.78 is 2.01. The fourth-order valence-corrected chi connectivity index (χ4v) is 4.42. The molecule has 0 bridgehead atoms. The molecule has 2 saturated heterocycles. The highest BCUT2D eigenvalue weighted by molar-refractivity contribution is 6.07. The molecule has 158 valence electrons. The minimum Gasteiger partial charge on any atom is -0.327 e. The third-order valence-electron chi connectivity index (χ3n) is 5.86. The van der Waals surface area contributed by atoms with Gasteiger partial charge < -0.3 is 15.2 Å². The van der Waals surface area contributed by atoms with Crippen molar-refractivity contribution in [1.29, 1.82) is 5.26 Å². The Hall–Kier alpha value is -2.99. The largest absolute Gasteiger partial charge is 0.327 e. The molecule has 0 radical (unpaired) electrons. The number of hydrogen-bond donors (Lipinski definition) is 2. The molecule has 2 aliphatic rings.